The highest BCUT2D eigenvalue weighted by atomic mass is 19.1. The fourth-order valence-corrected chi connectivity index (χ4v) is 2.24. The number of nitrogens with two attached hydrogens (primary N) is 1. The van der Waals surface area contributed by atoms with Crippen molar-refractivity contribution in [3.8, 4) is 11.5 Å². The lowest BCUT2D eigenvalue weighted by Gasteiger charge is -2.18. The van der Waals surface area contributed by atoms with Gasteiger partial charge in [0.1, 0.15) is 32.1 Å². The van der Waals surface area contributed by atoms with Gasteiger partial charge in [0.15, 0.2) is 11.5 Å². The SMILES string of the molecule is Fc1ccc(C[NH2+]Cc2ccc3c(c2)OCCO3)cc1. The van der Waals surface area contributed by atoms with E-state index in [1.165, 1.54) is 17.7 Å². The first-order valence-corrected chi connectivity index (χ1v) is 6.76. The van der Waals surface area contributed by atoms with Gasteiger partial charge in [0.25, 0.3) is 0 Å². The average molecular weight is 274 g/mol. The molecule has 0 atom stereocenters. The van der Waals surface area contributed by atoms with Crippen molar-refractivity contribution in [2.45, 2.75) is 13.1 Å². The zero-order chi connectivity index (χ0) is 13.8. The molecule has 1 aliphatic rings. The number of ether oxygens (including phenoxy) is 2. The molecule has 0 aliphatic carbocycles. The van der Waals surface area contributed by atoms with Gasteiger partial charge in [-0.15, -0.1) is 0 Å². The van der Waals surface area contributed by atoms with E-state index >= 15 is 0 Å². The Bertz CT molecular complexity index is 584. The minimum Gasteiger partial charge on any atom is -0.486 e. The van der Waals surface area contributed by atoms with Gasteiger partial charge in [0.2, 0.25) is 0 Å². The molecule has 0 unspecified atom stereocenters. The lowest BCUT2D eigenvalue weighted by Crippen LogP contribution is -2.80. The largest absolute Gasteiger partial charge is 0.486 e. The number of quaternary nitrogens is 1. The van der Waals surface area contributed by atoms with E-state index in [0.717, 1.165) is 30.2 Å². The number of hydrogen-bond acceptors (Lipinski definition) is 2. The number of rotatable bonds is 4. The topological polar surface area (TPSA) is 35.1 Å². The predicted octanol–water partition coefficient (Wildman–Crippen LogP) is 1.86. The maximum atomic E-state index is 12.8. The molecule has 0 aromatic heterocycles. The van der Waals surface area contributed by atoms with Crippen LogP contribution in [0.1, 0.15) is 11.1 Å². The summed E-state index contributed by atoms with van der Waals surface area (Å²) in [6.07, 6.45) is 0. The summed E-state index contributed by atoms with van der Waals surface area (Å²) in [5.74, 6) is 1.45. The van der Waals surface area contributed by atoms with Crippen LogP contribution in [0.3, 0.4) is 0 Å². The number of fused-ring (bicyclic) bond motifs is 1. The first-order chi connectivity index (χ1) is 9.81. The molecule has 20 heavy (non-hydrogen) atoms. The molecule has 4 heteroatoms. The van der Waals surface area contributed by atoms with Gasteiger partial charge in [0.05, 0.1) is 0 Å². The van der Waals surface area contributed by atoms with Crippen molar-refractivity contribution in [2.24, 2.45) is 0 Å². The van der Waals surface area contributed by atoms with Gasteiger partial charge < -0.3 is 14.8 Å². The van der Waals surface area contributed by atoms with Crippen molar-refractivity contribution in [3.63, 3.8) is 0 Å². The fourth-order valence-electron chi connectivity index (χ4n) is 2.24. The third-order valence-corrected chi connectivity index (χ3v) is 3.28. The van der Waals surface area contributed by atoms with E-state index in [1.54, 1.807) is 0 Å². The first kappa shape index (κ1) is 12.9. The molecule has 1 aliphatic heterocycles. The minimum absolute atomic E-state index is 0.194. The monoisotopic (exact) mass is 274 g/mol. The summed E-state index contributed by atoms with van der Waals surface area (Å²) >= 11 is 0. The highest BCUT2D eigenvalue weighted by Gasteiger charge is 2.11. The zero-order valence-electron chi connectivity index (χ0n) is 11.1. The Labute approximate surface area is 117 Å². The Kier molecular flexibility index (Phi) is 3.83. The zero-order valence-corrected chi connectivity index (χ0v) is 11.1. The quantitative estimate of drug-likeness (QED) is 0.923. The van der Waals surface area contributed by atoms with Crippen LogP contribution in [0.15, 0.2) is 42.5 Å². The van der Waals surface area contributed by atoms with Crippen molar-refractivity contribution in [1.82, 2.24) is 0 Å². The second kappa shape index (κ2) is 5.92. The lowest BCUT2D eigenvalue weighted by molar-refractivity contribution is -0.686. The number of hydrogen-bond donors (Lipinski definition) is 1. The molecule has 2 aromatic rings. The molecule has 1 heterocycles. The summed E-state index contributed by atoms with van der Waals surface area (Å²) in [6.45, 7) is 2.90. The Hall–Kier alpha value is -2.07. The molecule has 0 radical (unpaired) electrons. The van der Waals surface area contributed by atoms with E-state index in [1.807, 2.05) is 24.3 Å². The van der Waals surface area contributed by atoms with Gasteiger partial charge in [-0.3, -0.25) is 0 Å². The van der Waals surface area contributed by atoms with Crippen LogP contribution in [0.25, 0.3) is 0 Å². The van der Waals surface area contributed by atoms with Gasteiger partial charge in [-0.1, -0.05) is 12.1 Å². The van der Waals surface area contributed by atoms with E-state index in [9.17, 15) is 4.39 Å². The molecule has 0 spiro atoms. The molecule has 0 saturated heterocycles. The van der Waals surface area contributed by atoms with Crippen molar-refractivity contribution in [1.29, 1.82) is 0 Å². The second-order valence-electron chi connectivity index (χ2n) is 4.80. The van der Waals surface area contributed by atoms with Gasteiger partial charge in [-0.25, -0.2) is 4.39 Å². The van der Waals surface area contributed by atoms with Crippen LogP contribution >= 0.6 is 0 Å². The first-order valence-electron chi connectivity index (χ1n) is 6.76. The van der Waals surface area contributed by atoms with E-state index in [0.29, 0.717) is 13.2 Å². The van der Waals surface area contributed by atoms with Gasteiger partial charge in [0, 0.05) is 11.1 Å². The molecule has 0 bridgehead atoms. The van der Waals surface area contributed by atoms with Crippen LogP contribution in [0.2, 0.25) is 0 Å². The van der Waals surface area contributed by atoms with Crippen molar-refractivity contribution in [3.05, 3.63) is 59.4 Å². The van der Waals surface area contributed by atoms with E-state index in [4.69, 9.17) is 9.47 Å². The third kappa shape index (κ3) is 3.08. The van der Waals surface area contributed by atoms with Gasteiger partial charge in [-0.05, 0) is 30.3 Å². The van der Waals surface area contributed by atoms with Crippen LogP contribution in [-0.2, 0) is 13.1 Å². The average Bonchev–Trinajstić information content (AvgIpc) is 2.49. The molecule has 0 fully saturated rings. The summed E-state index contributed by atoms with van der Waals surface area (Å²) in [7, 11) is 0. The molecule has 104 valence electrons. The standard InChI is InChI=1S/C16H16FNO2/c17-14-4-1-12(2-5-14)10-18-11-13-3-6-15-16(9-13)20-8-7-19-15/h1-6,9,18H,7-8,10-11H2/p+1. The number of benzene rings is 2. The second-order valence-corrected chi connectivity index (χ2v) is 4.80. The molecule has 3 nitrogen and oxygen atoms in total. The Morgan fingerprint density at radius 2 is 1.50 bits per heavy atom. The summed E-state index contributed by atoms with van der Waals surface area (Å²) in [6, 6.07) is 12.6. The van der Waals surface area contributed by atoms with Gasteiger partial charge >= 0.3 is 0 Å². The lowest BCUT2D eigenvalue weighted by atomic mass is 10.1. The maximum absolute atomic E-state index is 12.8. The van der Waals surface area contributed by atoms with Crippen LogP contribution in [0, 0.1) is 5.82 Å². The smallest absolute Gasteiger partial charge is 0.161 e. The highest BCUT2D eigenvalue weighted by molar-refractivity contribution is 5.43. The van der Waals surface area contributed by atoms with E-state index < -0.39 is 0 Å². The normalized spacial score (nSPS) is 13.2. The summed E-state index contributed by atoms with van der Waals surface area (Å²) in [5.41, 5.74) is 2.31. The molecule has 2 N–H and O–H groups in total. The molecule has 0 saturated carbocycles. The van der Waals surface area contributed by atoms with Crippen LogP contribution in [0.5, 0.6) is 11.5 Å². The van der Waals surface area contributed by atoms with Crippen LogP contribution in [0.4, 0.5) is 4.39 Å². The predicted molar refractivity (Wildman–Crippen MR) is 73.2 cm³/mol. The Balaban J connectivity index is 1.57. The molecular formula is C16H17FNO2+. The minimum atomic E-state index is -0.194. The third-order valence-electron chi connectivity index (χ3n) is 3.28. The van der Waals surface area contributed by atoms with Crippen LogP contribution in [-0.4, -0.2) is 13.2 Å². The van der Waals surface area contributed by atoms with Crippen molar-refractivity contribution in [2.75, 3.05) is 13.2 Å². The molecular weight excluding hydrogens is 257 g/mol. The summed E-state index contributed by atoms with van der Waals surface area (Å²) in [5, 5.41) is 2.18. The maximum Gasteiger partial charge on any atom is 0.161 e. The van der Waals surface area contributed by atoms with Gasteiger partial charge in [-0.2, -0.15) is 0 Å². The highest BCUT2D eigenvalue weighted by Crippen LogP contribution is 2.30. The Morgan fingerprint density at radius 3 is 2.30 bits per heavy atom. The summed E-state index contributed by atoms with van der Waals surface area (Å²) < 4.78 is 23.9. The summed E-state index contributed by atoms with van der Waals surface area (Å²) in [4.78, 5) is 0. The molecule has 3 rings (SSSR count). The molecule has 0 amide bonds. The fraction of sp³-hybridized carbons (Fsp3) is 0.250. The van der Waals surface area contributed by atoms with E-state index in [-0.39, 0.29) is 5.82 Å². The van der Waals surface area contributed by atoms with Crippen LogP contribution < -0.4 is 14.8 Å². The van der Waals surface area contributed by atoms with Crippen molar-refractivity contribution < 1.29 is 19.2 Å². The number of halogens is 1. The Morgan fingerprint density at radius 1 is 0.850 bits per heavy atom. The van der Waals surface area contributed by atoms with E-state index in [2.05, 4.69) is 11.4 Å². The molecule has 2 aromatic carbocycles. The van der Waals surface area contributed by atoms with Crippen molar-refractivity contribution >= 4 is 0 Å².